The molecule has 2 heterocycles. The Kier molecular flexibility index (Phi) is 4.06. The maximum atomic E-state index is 5.55. The highest BCUT2D eigenvalue weighted by atomic mass is 32.1. The summed E-state index contributed by atoms with van der Waals surface area (Å²) in [5, 5.41) is 2.07. The fourth-order valence-electron chi connectivity index (χ4n) is 1.63. The van der Waals surface area contributed by atoms with Crippen LogP contribution in [-0.2, 0) is 13.1 Å². The predicted octanol–water partition coefficient (Wildman–Crippen LogP) is 1.12. The maximum Gasteiger partial charge on any atom is 0.225 e. The number of nitrogens with zero attached hydrogens (tertiary/aromatic N) is 4. The molecule has 0 aromatic carbocycles. The predicted molar refractivity (Wildman–Crippen MR) is 72.8 cm³/mol. The summed E-state index contributed by atoms with van der Waals surface area (Å²) in [5.41, 5.74) is 11.1. The van der Waals surface area contributed by atoms with Crippen LogP contribution in [0.3, 0.4) is 0 Å². The highest BCUT2D eigenvalue weighted by Crippen LogP contribution is 2.13. The van der Waals surface area contributed by atoms with E-state index in [1.165, 1.54) is 4.88 Å². The van der Waals surface area contributed by atoms with Crippen LogP contribution in [0.5, 0.6) is 0 Å². The third kappa shape index (κ3) is 3.38. The van der Waals surface area contributed by atoms with Gasteiger partial charge in [-0.3, -0.25) is 4.90 Å². The van der Waals surface area contributed by atoms with E-state index in [0.29, 0.717) is 12.4 Å². The van der Waals surface area contributed by atoms with E-state index in [9.17, 15) is 0 Å². The van der Waals surface area contributed by atoms with Crippen LogP contribution in [0.15, 0.2) is 17.5 Å². The molecule has 2 rings (SSSR count). The van der Waals surface area contributed by atoms with Gasteiger partial charge in [0.15, 0.2) is 0 Å². The summed E-state index contributed by atoms with van der Waals surface area (Å²) in [6.45, 7) is 4.50. The lowest BCUT2D eigenvalue weighted by atomic mass is 10.4. The van der Waals surface area contributed by atoms with Crippen LogP contribution in [0.25, 0.3) is 0 Å². The molecule has 0 atom stereocenters. The highest BCUT2D eigenvalue weighted by molar-refractivity contribution is 7.09. The Balaban J connectivity index is 2.05. The maximum absolute atomic E-state index is 5.55. The van der Waals surface area contributed by atoms with Gasteiger partial charge in [-0.2, -0.15) is 15.0 Å². The molecule has 0 amide bonds. The molecule has 0 bridgehead atoms. The van der Waals surface area contributed by atoms with Crippen LogP contribution in [0.4, 0.5) is 11.9 Å². The zero-order valence-corrected chi connectivity index (χ0v) is 11.0. The van der Waals surface area contributed by atoms with E-state index in [0.717, 1.165) is 13.1 Å². The number of hydrogen-bond acceptors (Lipinski definition) is 7. The Morgan fingerprint density at radius 3 is 2.44 bits per heavy atom. The molecule has 0 saturated heterocycles. The molecule has 0 unspecified atom stereocenters. The van der Waals surface area contributed by atoms with E-state index in [1.54, 1.807) is 11.3 Å². The van der Waals surface area contributed by atoms with E-state index in [1.807, 2.05) is 6.07 Å². The van der Waals surface area contributed by atoms with Crippen molar-refractivity contribution in [2.24, 2.45) is 0 Å². The van der Waals surface area contributed by atoms with Crippen molar-refractivity contribution in [3.63, 3.8) is 0 Å². The van der Waals surface area contributed by atoms with Gasteiger partial charge in [-0.05, 0) is 18.0 Å². The molecule has 96 valence electrons. The van der Waals surface area contributed by atoms with Crippen molar-refractivity contribution < 1.29 is 0 Å². The Morgan fingerprint density at radius 1 is 1.17 bits per heavy atom. The van der Waals surface area contributed by atoms with Gasteiger partial charge in [-0.1, -0.05) is 13.0 Å². The van der Waals surface area contributed by atoms with E-state index >= 15 is 0 Å². The van der Waals surface area contributed by atoms with Gasteiger partial charge in [-0.25, -0.2) is 0 Å². The fourth-order valence-corrected chi connectivity index (χ4v) is 2.38. The summed E-state index contributed by atoms with van der Waals surface area (Å²) < 4.78 is 0. The van der Waals surface area contributed by atoms with Gasteiger partial charge in [-0.15, -0.1) is 11.3 Å². The van der Waals surface area contributed by atoms with Crippen LogP contribution >= 0.6 is 11.3 Å². The van der Waals surface area contributed by atoms with Gasteiger partial charge in [0.25, 0.3) is 0 Å². The average molecular weight is 264 g/mol. The van der Waals surface area contributed by atoms with E-state index in [2.05, 4.69) is 38.2 Å². The molecule has 18 heavy (non-hydrogen) atoms. The molecular formula is C11H16N6S. The van der Waals surface area contributed by atoms with Crippen LogP contribution in [0.2, 0.25) is 0 Å². The van der Waals surface area contributed by atoms with Gasteiger partial charge in [0.2, 0.25) is 11.9 Å². The van der Waals surface area contributed by atoms with Crippen molar-refractivity contribution in [1.29, 1.82) is 0 Å². The fraction of sp³-hybridized carbons (Fsp3) is 0.364. The molecule has 0 radical (unpaired) electrons. The molecule has 0 saturated carbocycles. The molecule has 7 heteroatoms. The van der Waals surface area contributed by atoms with Crippen LogP contribution < -0.4 is 11.5 Å². The number of thiophene rings is 1. The average Bonchev–Trinajstić information content (AvgIpc) is 2.79. The standard InChI is InChI=1S/C11H16N6S/c1-2-17(6-8-4-3-5-18-8)7-9-14-10(12)16-11(13)15-9/h3-5H,2,6-7H2,1H3,(H4,12,13,14,15,16). The normalized spacial score (nSPS) is 11.0. The lowest BCUT2D eigenvalue weighted by molar-refractivity contribution is 0.267. The molecule has 0 fully saturated rings. The zero-order chi connectivity index (χ0) is 13.0. The van der Waals surface area contributed by atoms with Gasteiger partial charge >= 0.3 is 0 Å². The number of nitrogens with two attached hydrogens (primary N) is 2. The second-order valence-electron chi connectivity index (χ2n) is 3.85. The topological polar surface area (TPSA) is 94.0 Å². The molecule has 6 nitrogen and oxygen atoms in total. The largest absolute Gasteiger partial charge is 0.368 e. The van der Waals surface area contributed by atoms with Crippen molar-refractivity contribution in [3.05, 3.63) is 28.2 Å². The first-order valence-electron chi connectivity index (χ1n) is 5.68. The van der Waals surface area contributed by atoms with E-state index in [-0.39, 0.29) is 11.9 Å². The van der Waals surface area contributed by atoms with Crippen LogP contribution in [0, 0.1) is 0 Å². The molecule has 4 N–H and O–H groups in total. The van der Waals surface area contributed by atoms with Crippen molar-refractivity contribution >= 4 is 23.2 Å². The first-order chi connectivity index (χ1) is 8.67. The van der Waals surface area contributed by atoms with Crippen LogP contribution in [-0.4, -0.2) is 26.4 Å². The smallest absolute Gasteiger partial charge is 0.225 e. The summed E-state index contributed by atoms with van der Waals surface area (Å²) >= 11 is 1.74. The van der Waals surface area contributed by atoms with E-state index in [4.69, 9.17) is 11.5 Å². The number of anilines is 2. The lowest BCUT2D eigenvalue weighted by Crippen LogP contribution is -2.23. The summed E-state index contributed by atoms with van der Waals surface area (Å²) in [4.78, 5) is 15.5. The second kappa shape index (κ2) is 5.74. The zero-order valence-electron chi connectivity index (χ0n) is 10.2. The van der Waals surface area contributed by atoms with Crippen molar-refractivity contribution in [3.8, 4) is 0 Å². The monoisotopic (exact) mass is 264 g/mol. The first kappa shape index (κ1) is 12.7. The Bertz CT molecular complexity index is 478. The Morgan fingerprint density at radius 2 is 1.89 bits per heavy atom. The number of hydrogen-bond donors (Lipinski definition) is 2. The summed E-state index contributed by atoms with van der Waals surface area (Å²) in [5.74, 6) is 0.952. The van der Waals surface area contributed by atoms with Gasteiger partial charge in [0.1, 0.15) is 5.82 Å². The van der Waals surface area contributed by atoms with E-state index < -0.39 is 0 Å². The SMILES string of the molecule is CCN(Cc1nc(N)nc(N)n1)Cc1cccs1. The van der Waals surface area contributed by atoms with Crippen molar-refractivity contribution in [2.45, 2.75) is 20.0 Å². The molecule has 0 aliphatic rings. The molecule has 0 aliphatic heterocycles. The highest BCUT2D eigenvalue weighted by Gasteiger charge is 2.09. The summed E-state index contributed by atoms with van der Waals surface area (Å²) in [7, 11) is 0. The molecule has 0 aliphatic carbocycles. The van der Waals surface area contributed by atoms with Crippen molar-refractivity contribution in [2.75, 3.05) is 18.0 Å². The Hall–Kier alpha value is -1.73. The Labute approximate surface area is 110 Å². The van der Waals surface area contributed by atoms with Gasteiger partial charge in [0.05, 0.1) is 6.54 Å². The minimum Gasteiger partial charge on any atom is -0.368 e. The van der Waals surface area contributed by atoms with Gasteiger partial charge in [0, 0.05) is 11.4 Å². The quantitative estimate of drug-likeness (QED) is 0.840. The lowest BCUT2D eigenvalue weighted by Gasteiger charge is -2.18. The minimum atomic E-state index is 0.171. The molecule has 2 aromatic heterocycles. The first-order valence-corrected chi connectivity index (χ1v) is 6.56. The van der Waals surface area contributed by atoms with Crippen molar-refractivity contribution in [1.82, 2.24) is 19.9 Å². The molecular weight excluding hydrogens is 248 g/mol. The molecule has 2 aromatic rings. The number of nitrogen functional groups attached to an aromatic ring is 2. The van der Waals surface area contributed by atoms with Crippen LogP contribution in [0.1, 0.15) is 17.6 Å². The second-order valence-corrected chi connectivity index (χ2v) is 4.88. The third-order valence-electron chi connectivity index (χ3n) is 2.49. The molecule has 0 spiro atoms. The number of aromatic nitrogens is 3. The summed E-state index contributed by atoms with van der Waals surface area (Å²) in [6.07, 6.45) is 0. The third-order valence-corrected chi connectivity index (χ3v) is 3.35. The number of rotatable bonds is 5. The van der Waals surface area contributed by atoms with Gasteiger partial charge < -0.3 is 11.5 Å². The minimum absolute atomic E-state index is 0.171. The summed E-state index contributed by atoms with van der Waals surface area (Å²) in [6, 6.07) is 4.16.